The molecule has 0 unspecified atom stereocenters. The number of piperidine rings is 1. The maximum atomic E-state index is 12.9. The molecule has 9 nitrogen and oxygen atoms in total. The van der Waals surface area contributed by atoms with Crippen LogP contribution in [0.2, 0.25) is 0 Å². The third kappa shape index (κ3) is 5.00. The zero-order chi connectivity index (χ0) is 19.5. The van der Waals surface area contributed by atoms with E-state index >= 15 is 0 Å². The predicted octanol–water partition coefficient (Wildman–Crippen LogP) is -1.87. The summed E-state index contributed by atoms with van der Waals surface area (Å²) < 4.78 is 31.3. The van der Waals surface area contributed by atoms with Gasteiger partial charge in [0.05, 0.1) is 13.0 Å². The fraction of sp³-hybridized carbons (Fsp3) is 0.353. The van der Waals surface area contributed by atoms with Crippen LogP contribution in [0.1, 0.15) is 18.4 Å². The Morgan fingerprint density at radius 2 is 1.86 bits per heavy atom. The molecular weight excluding hydrogens is 393 g/mol. The van der Waals surface area contributed by atoms with Gasteiger partial charge in [0.25, 0.3) is 0 Å². The first-order valence-electron chi connectivity index (χ1n) is 8.31. The first kappa shape index (κ1) is 22.6. The molecule has 0 radical (unpaired) electrons. The Morgan fingerprint density at radius 3 is 2.43 bits per heavy atom. The molecular formula is C17H20N5NaO4S. The van der Waals surface area contributed by atoms with Crippen LogP contribution in [0.3, 0.4) is 0 Å². The van der Waals surface area contributed by atoms with Crippen LogP contribution in [-0.2, 0) is 20.4 Å². The van der Waals surface area contributed by atoms with E-state index in [1.165, 1.54) is 7.11 Å². The van der Waals surface area contributed by atoms with Gasteiger partial charge in [-0.1, -0.05) is 12.1 Å². The van der Waals surface area contributed by atoms with Crippen molar-refractivity contribution in [2.24, 2.45) is 5.14 Å². The van der Waals surface area contributed by atoms with E-state index in [2.05, 4.69) is 14.7 Å². The Bertz CT molecular complexity index is 918. The number of amides is 1. The van der Waals surface area contributed by atoms with Crippen molar-refractivity contribution < 1.29 is 47.5 Å². The number of methoxy groups -OCH3 is 1. The summed E-state index contributed by atoms with van der Waals surface area (Å²) in [6.45, 7) is 0.931. The van der Waals surface area contributed by atoms with Gasteiger partial charge >= 0.3 is 29.6 Å². The van der Waals surface area contributed by atoms with Crippen LogP contribution in [-0.4, -0.2) is 44.5 Å². The molecule has 144 valence electrons. The summed E-state index contributed by atoms with van der Waals surface area (Å²) >= 11 is 0. The molecule has 28 heavy (non-hydrogen) atoms. The van der Waals surface area contributed by atoms with Gasteiger partial charge in [-0.25, -0.2) is 23.5 Å². The molecule has 1 aromatic heterocycles. The molecule has 1 saturated heterocycles. The average Bonchev–Trinajstić information content (AvgIpc) is 2.67. The van der Waals surface area contributed by atoms with Crippen LogP contribution in [0.25, 0.3) is 4.72 Å². The predicted molar refractivity (Wildman–Crippen MR) is 99.6 cm³/mol. The molecule has 3 rings (SSSR count). The van der Waals surface area contributed by atoms with Gasteiger partial charge in [-0.15, -0.1) is 0 Å². The fourth-order valence-corrected chi connectivity index (χ4v) is 3.70. The summed E-state index contributed by atoms with van der Waals surface area (Å²) in [6.07, 6.45) is 3.98. The number of benzene rings is 1. The van der Waals surface area contributed by atoms with E-state index in [4.69, 9.17) is 9.88 Å². The molecule has 2 N–H and O–H groups in total. The molecule has 0 atom stereocenters. The van der Waals surface area contributed by atoms with Crippen molar-refractivity contribution in [3.63, 3.8) is 0 Å². The molecule has 1 fully saturated rings. The Hall–Kier alpha value is -1.72. The molecule has 0 bridgehead atoms. The zero-order valence-corrected chi connectivity index (χ0v) is 18.6. The summed E-state index contributed by atoms with van der Waals surface area (Å²) in [5.74, 6) is 0.364. The maximum absolute atomic E-state index is 12.9. The fourth-order valence-electron chi connectivity index (χ4n) is 3.29. The SMILES string of the molecule is COc1cccc(C2(C(=O)[N-]S(N)(=O)=O)CCN(c3ncccn3)CC2)c1.[Na+]. The standard InChI is InChI=1S/C17H21N5O4S.Na/c1-26-14-5-2-4-13(12-14)17(15(23)21-27(18,24)25)6-10-22(11-7-17)16-19-8-3-9-20-16;/h2-5,8-9,12H,6-7,10-11H2,1H3,(H3,18,21,23,24,25);/q;+1/p-1. The molecule has 1 amide bonds. The summed E-state index contributed by atoms with van der Waals surface area (Å²) in [5.41, 5.74) is -0.459. The van der Waals surface area contributed by atoms with Gasteiger partial charge in [0.15, 0.2) is 10.2 Å². The van der Waals surface area contributed by atoms with Gasteiger partial charge in [0.2, 0.25) is 5.95 Å². The Kier molecular flexibility index (Phi) is 7.40. The summed E-state index contributed by atoms with van der Waals surface area (Å²) in [5, 5.41) is 4.98. The van der Waals surface area contributed by atoms with Crippen LogP contribution in [0.4, 0.5) is 5.95 Å². The Balaban J connectivity index is 0.00000280. The molecule has 2 heterocycles. The number of carbonyl (C=O) groups is 1. The van der Waals surface area contributed by atoms with Crippen molar-refractivity contribution >= 4 is 22.1 Å². The number of hydrogen-bond donors (Lipinski definition) is 1. The smallest absolute Gasteiger partial charge is 0.532 e. The number of nitrogens with zero attached hydrogens (tertiary/aromatic N) is 4. The quantitative estimate of drug-likeness (QED) is 0.569. The normalized spacial score (nSPS) is 16.0. The van der Waals surface area contributed by atoms with E-state index in [0.29, 0.717) is 43.2 Å². The molecule has 1 aliphatic heterocycles. The van der Waals surface area contributed by atoms with E-state index in [1.807, 2.05) is 4.90 Å². The second kappa shape index (κ2) is 9.19. The second-order valence-corrected chi connectivity index (χ2v) is 7.47. The largest absolute Gasteiger partial charge is 1.00 e. The number of hydrogen-bond acceptors (Lipinski definition) is 7. The van der Waals surface area contributed by atoms with E-state index in [1.54, 1.807) is 42.7 Å². The molecule has 1 aromatic carbocycles. The van der Waals surface area contributed by atoms with Gasteiger partial charge in [0.1, 0.15) is 5.75 Å². The van der Waals surface area contributed by atoms with E-state index in [-0.39, 0.29) is 29.6 Å². The van der Waals surface area contributed by atoms with Gasteiger partial charge in [0, 0.05) is 30.9 Å². The van der Waals surface area contributed by atoms with Crippen molar-refractivity contribution in [1.82, 2.24) is 9.97 Å². The minimum Gasteiger partial charge on any atom is -0.532 e. The molecule has 11 heteroatoms. The number of ether oxygens (including phenoxy) is 1. The maximum Gasteiger partial charge on any atom is 1.00 e. The number of anilines is 1. The number of aromatic nitrogens is 2. The number of nitrogens with two attached hydrogens (primary N) is 1. The van der Waals surface area contributed by atoms with Crippen LogP contribution < -0.4 is 44.3 Å². The molecule has 0 saturated carbocycles. The van der Waals surface area contributed by atoms with E-state index in [9.17, 15) is 13.2 Å². The third-order valence-corrected chi connectivity index (χ3v) is 5.11. The summed E-state index contributed by atoms with van der Waals surface area (Å²) in [7, 11) is -2.77. The Labute approximate surface area is 186 Å². The van der Waals surface area contributed by atoms with E-state index < -0.39 is 21.5 Å². The van der Waals surface area contributed by atoms with Gasteiger partial charge in [-0.05, 0) is 36.6 Å². The average molecular weight is 413 g/mol. The van der Waals surface area contributed by atoms with Crippen molar-refractivity contribution in [1.29, 1.82) is 0 Å². The molecule has 0 spiro atoms. The van der Waals surface area contributed by atoms with Crippen LogP contribution in [0.5, 0.6) is 5.75 Å². The minimum absolute atomic E-state index is 0. The summed E-state index contributed by atoms with van der Waals surface area (Å²) in [4.78, 5) is 23.3. The number of carbonyl (C=O) groups excluding carboxylic acids is 1. The minimum atomic E-state index is -4.29. The second-order valence-electron chi connectivity index (χ2n) is 6.26. The first-order valence-corrected chi connectivity index (χ1v) is 9.81. The van der Waals surface area contributed by atoms with Gasteiger partial charge in [-0.2, -0.15) is 0 Å². The van der Waals surface area contributed by atoms with Crippen molar-refractivity contribution in [3.8, 4) is 5.75 Å². The van der Waals surface area contributed by atoms with Gasteiger partial charge < -0.3 is 19.2 Å². The summed E-state index contributed by atoms with van der Waals surface area (Å²) in [6, 6.07) is 8.74. The van der Waals surface area contributed by atoms with Crippen molar-refractivity contribution in [2.45, 2.75) is 18.3 Å². The van der Waals surface area contributed by atoms with E-state index in [0.717, 1.165) is 0 Å². The Morgan fingerprint density at radius 1 is 1.21 bits per heavy atom. The number of rotatable bonds is 5. The van der Waals surface area contributed by atoms with Crippen LogP contribution in [0.15, 0.2) is 42.7 Å². The molecule has 2 aromatic rings. The topological polar surface area (TPSA) is 130 Å². The first-order chi connectivity index (χ1) is 12.8. The van der Waals surface area contributed by atoms with Crippen molar-refractivity contribution in [3.05, 3.63) is 53.0 Å². The molecule has 1 aliphatic rings. The monoisotopic (exact) mass is 413 g/mol. The van der Waals surface area contributed by atoms with Crippen molar-refractivity contribution in [2.75, 3.05) is 25.1 Å². The van der Waals surface area contributed by atoms with Gasteiger partial charge in [-0.3, -0.25) is 0 Å². The van der Waals surface area contributed by atoms with Crippen LogP contribution >= 0.6 is 0 Å². The van der Waals surface area contributed by atoms with Crippen LogP contribution in [0, 0.1) is 0 Å². The molecule has 0 aliphatic carbocycles. The zero-order valence-electron chi connectivity index (χ0n) is 15.8. The third-order valence-electron chi connectivity index (χ3n) is 4.69.